The Labute approximate surface area is 190 Å². The van der Waals surface area contributed by atoms with Crippen molar-refractivity contribution < 1.29 is 35.3 Å². The number of hydrogen-bond donors (Lipinski definition) is 5. The van der Waals surface area contributed by atoms with E-state index < -0.39 is 0 Å². The van der Waals surface area contributed by atoms with Crippen molar-refractivity contribution in [3.63, 3.8) is 0 Å². The number of aromatic hydroxyl groups is 3. The number of carbonyl (C=O) groups is 1. The number of hydrogen-bond acceptors (Lipinski definition) is 9. The molecule has 2 aromatic carbocycles. The van der Waals surface area contributed by atoms with Gasteiger partial charge in [0.05, 0.1) is 13.7 Å². The van der Waals surface area contributed by atoms with Crippen molar-refractivity contribution in [2.75, 3.05) is 7.11 Å². The number of ketones is 1. The zero-order valence-electron chi connectivity index (χ0n) is 17.8. The van der Waals surface area contributed by atoms with Gasteiger partial charge in [0.1, 0.15) is 11.5 Å². The van der Waals surface area contributed by atoms with Gasteiger partial charge < -0.3 is 25.3 Å². The third kappa shape index (κ3) is 7.30. The van der Waals surface area contributed by atoms with Crippen LogP contribution >= 0.6 is 0 Å². The van der Waals surface area contributed by atoms with E-state index in [-0.39, 0.29) is 35.1 Å². The molecule has 0 aliphatic heterocycles. The largest absolute Gasteiger partial charge is 0.508 e. The molecule has 0 atom stereocenters. The number of carbonyl (C=O) groups excluding carboxylic acids is 1. The highest BCUT2D eigenvalue weighted by Gasteiger charge is 2.12. The Morgan fingerprint density at radius 3 is 2.45 bits per heavy atom. The Kier molecular flexibility index (Phi) is 8.84. The number of ether oxygens (including phenoxy) is 1. The maximum absolute atomic E-state index is 12.1. The topological polar surface area (TPSA) is 143 Å². The Morgan fingerprint density at radius 2 is 1.79 bits per heavy atom. The molecular formula is C24H24N2O7. The predicted molar refractivity (Wildman–Crippen MR) is 122 cm³/mol. The van der Waals surface area contributed by atoms with Gasteiger partial charge in [-0.2, -0.15) is 0 Å². The second kappa shape index (κ2) is 11.8. The number of rotatable bonds is 6. The van der Waals surface area contributed by atoms with Crippen molar-refractivity contribution in [2.24, 2.45) is 5.16 Å². The van der Waals surface area contributed by atoms with Gasteiger partial charge in [0.2, 0.25) is 0 Å². The number of phenolic OH excluding ortho intramolecular Hbond substituents is 3. The van der Waals surface area contributed by atoms with Gasteiger partial charge in [0.15, 0.2) is 17.3 Å². The van der Waals surface area contributed by atoms with Crippen molar-refractivity contribution in [1.29, 1.82) is 0 Å². The molecule has 1 aliphatic rings. The lowest BCUT2D eigenvalue weighted by molar-refractivity contribution is -0.111. The first-order chi connectivity index (χ1) is 15.8. The third-order valence-electron chi connectivity index (χ3n) is 4.40. The average Bonchev–Trinajstić information content (AvgIpc) is 2.77. The van der Waals surface area contributed by atoms with Gasteiger partial charge in [-0.25, -0.2) is 0 Å². The lowest BCUT2D eigenvalue weighted by Gasteiger charge is -2.15. The van der Waals surface area contributed by atoms with Gasteiger partial charge in [-0.05, 0) is 47.6 Å². The molecule has 5 N–H and O–H groups in total. The molecule has 0 unspecified atom stereocenters. The van der Waals surface area contributed by atoms with Crippen LogP contribution in [0.1, 0.15) is 11.1 Å². The Morgan fingerprint density at radius 1 is 1.06 bits per heavy atom. The quantitative estimate of drug-likeness (QED) is 0.193. The zero-order valence-corrected chi connectivity index (χ0v) is 17.8. The molecule has 33 heavy (non-hydrogen) atoms. The molecule has 0 amide bonds. The summed E-state index contributed by atoms with van der Waals surface area (Å²) < 4.78 is 5.08. The molecule has 1 aliphatic carbocycles. The zero-order chi connectivity index (χ0) is 24.4. The highest BCUT2D eigenvalue weighted by atomic mass is 16.5. The van der Waals surface area contributed by atoms with Gasteiger partial charge >= 0.3 is 0 Å². The first-order valence-electron chi connectivity index (χ1n) is 9.54. The fraction of sp³-hybridized carbons (Fsp3) is 0.0833. The molecule has 0 spiro atoms. The number of phenols is 3. The SMILES string of the molecule is C=NO.COc1cc(/C=C/C2=CC(=CN(O)Cc3ccc(O)cc3O)C(=O)C=C2)ccc1O. The monoisotopic (exact) mass is 452 g/mol. The van der Waals surface area contributed by atoms with E-state index in [0.29, 0.717) is 11.3 Å². The van der Waals surface area contributed by atoms with E-state index >= 15 is 0 Å². The molecule has 9 heteroatoms. The van der Waals surface area contributed by atoms with Crippen LogP contribution in [0.25, 0.3) is 6.08 Å². The van der Waals surface area contributed by atoms with Gasteiger partial charge in [-0.15, -0.1) is 5.16 Å². The van der Waals surface area contributed by atoms with Crippen LogP contribution in [0.4, 0.5) is 0 Å². The summed E-state index contributed by atoms with van der Waals surface area (Å²) in [4.78, 5) is 12.1. The summed E-state index contributed by atoms with van der Waals surface area (Å²) in [6.07, 6.45) is 9.54. The van der Waals surface area contributed by atoms with E-state index in [9.17, 15) is 25.3 Å². The van der Waals surface area contributed by atoms with Crippen LogP contribution in [-0.4, -0.2) is 50.4 Å². The molecule has 0 radical (unpaired) electrons. The van der Waals surface area contributed by atoms with Crippen LogP contribution in [0, 0.1) is 0 Å². The summed E-state index contributed by atoms with van der Waals surface area (Å²) in [5.41, 5.74) is 2.18. The minimum Gasteiger partial charge on any atom is -0.508 e. The van der Waals surface area contributed by atoms with E-state index in [2.05, 4.69) is 11.9 Å². The first-order valence-corrected chi connectivity index (χ1v) is 9.54. The van der Waals surface area contributed by atoms with Crippen LogP contribution in [0.5, 0.6) is 23.0 Å². The maximum atomic E-state index is 12.1. The van der Waals surface area contributed by atoms with Gasteiger partial charge in [0.25, 0.3) is 0 Å². The summed E-state index contributed by atoms with van der Waals surface area (Å²) in [7, 11) is 1.47. The lowest BCUT2D eigenvalue weighted by Crippen LogP contribution is -2.14. The van der Waals surface area contributed by atoms with E-state index in [4.69, 9.17) is 9.94 Å². The van der Waals surface area contributed by atoms with E-state index in [0.717, 1.165) is 16.2 Å². The van der Waals surface area contributed by atoms with Gasteiger partial charge in [0, 0.05) is 30.1 Å². The predicted octanol–water partition coefficient (Wildman–Crippen LogP) is 3.74. The molecule has 0 heterocycles. The van der Waals surface area contributed by atoms with Gasteiger partial charge in [-0.3, -0.25) is 15.1 Å². The van der Waals surface area contributed by atoms with E-state index in [1.54, 1.807) is 36.4 Å². The third-order valence-corrected chi connectivity index (χ3v) is 4.40. The molecule has 0 saturated carbocycles. The molecule has 0 bridgehead atoms. The summed E-state index contributed by atoms with van der Waals surface area (Å²) in [6, 6.07) is 8.98. The molecular weight excluding hydrogens is 428 g/mol. The smallest absolute Gasteiger partial charge is 0.187 e. The molecule has 0 fully saturated rings. The number of allylic oxidation sites excluding steroid dienone is 6. The van der Waals surface area contributed by atoms with E-state index in [1.807, 2.05) is 0 Å². The second-order valence-electron chi connectivity index (χ2n) is 6.74. The number of methoxy groups -OCH3 is 1. The summed E-state index contributed by atoms with van der Waals surface area (Å²) in [5, 5.41) is 49.1. The number of nitrogens with zero attached hydrogens (tertiary/aromatic N) is 2. The number of oxime groups is 1. The van der Waals surface area contributed by atoms with Crippen molar-refractivity contribution in [1.82, 2.24) is 5.06 Å². The average molecular weight is 452 g/mol. The summed E-state index contributed by atoms with van der Waals surface area (Å²) >= 11 is 0. The van der Waals surface area contributed by atoms with E-state index in [1.165, 1.54) is 43.7 Å². The fourth-order valence-corrected chi connectivity index (χ4v) is 2.83. The Hall–Kier alpha value is -4.50. The molecule has 172 valence electrons. The summed E-state index contributed by atoms with van der Waals surface area (Å²) in [5.74, 6) is -0.116. The minimum atomic E-state index is -0.271. The Bertz CT molecular complexity index is 1130. The van der Waals surface area contributed by atoms with Crippen LogP contribution in [-0.2, 0) is 11.3 Å². The van der Waals surface area contributed by atoms with Crippen LogP contribution < -0.4 is 4.74 Å². The maximum Gasteiger partial charge on any atom is 0.187 e. The van der Waals surface area contributed by atoms with Crippen LogP contribution in [0.2, 0.25) is 0 Å². The van der Waals surface area contributed by atoms with Crippen molar-refractivity contribution >= 4 is 18.6 Å². The highest BCUT2D eigenvalue weighted by molar-refractivity contribution is 6.08. The molecule has 3 rings (SSSR count). The van der Waals surface area contributed by atoms with Crippen molar-refractivity contribution in [3.05, 3.63) is 89.2 Å². The highest BCUT2D eigenvalue weighted by Crippen LogP contribution is 2.27. The molecule has 2 aromatic rings. The molecule has 9 nitrogen and oxygen atoms in total. The standard InChI is InChI=1S/C23H21NO6.CH3NO/c1-30-23-11-16(5-9-21(23)27)3-2-15-4-8-20(26)18(10-15)14-24(29)13-17-6-7-19(25)12-22(17)28;1-2-3/h2-12,14,25,27-29H,13H2,1H3;3H,1H2/b3-2+,18-14?;. The number of benzene rings is 2. The first kappa shape index (κ1) is 24.8. The second-order valence-corrected chi connectivity index (χ2v) is 6.74. The number of hydroxylamine groups is 2. The normalized spacial score (nSPS) is 13.9. The lowest BCUT2D eigenvalue weighted by atomic mass is 10.0. The van der Waals surface area contributed by atoms with Crippen LogP contribution in [0.3, 0.4) is 0 Å². The van der Waals surface area contributed by atoms with Crippen molar-refractivity contribution in [3.8, 4) is 23.0 Å². The molecule has 0 aromatic heterocycles. The summed E-state index contributed by atoms with van der Waals surface area (Å²) in [6.45, 7) is 2.60. The Balaban J connectivity index is 0.00000122. The van der Waals surface area contributed by atoms with Crippen LogP contribution in [0.15, 0.2) is 83.2 Å². The fourth-order valence-electron chi connectivity index (χ4n) is 2.83. The minimum absolute atomic E-state index is 0.0462. The van der Waals surface area contributed by atoms with Gasteiger partial charge in [-0.1, -0.05) is 24.3 Å². The molecule has 0 saturated heterocycles. The van der Waals surface area contributed by atoms with Crippen molar-refractivity contribution in [2.45, 2.75) is 6.54 Å².